The number of carbonyl (C=O) groups excluding carboxylic acids is 2. The molecule has 1 rings (SSSR count). The number of amides is 1. The van der Waals surface area contributed by atoms with Crippen molar-refractivity contribution in [2.45, 2.75) is 47.0 Å². The molecule has 0 saturated carbocycles. The van der Waals surface area contributed by atoms with Crippen molar-refractivity contribution in [1.82, 2.24) is 4.90 Å². The topological polar surface area (TPSA) is 60.4 Å². The van der Waals surface area contributed by atoms with E-state index >= 15 is 0 Å². The summed E-state index contributed by atoms with van der Waals surface area (Å²) in [6.45, 7) is 9.51. The minimum Gasteiger partial charge on any atom is -0.550 e. The summed E-state index contributed by atoms with van der Waals surface area (Å²) in [4.78, 5) is 24.7. The molecule has 0 radical (unpaired) electrons. The van der Waals surface area contributed by atoms with Gasteiger partial charge in [-0.1, -0.05) is 27.7 Å². The molecule has 0 aromatic heterocycles. The lowest BCUT2D eigenvalue weighted by molar-refractivity contribution is -0.307. The third-order valence-corrected chi connectivity index (χ3v) is 3.47. The number of carboxylic acid groups (broad SMARTS) is 1. The van der Waals surface area contributed by atoms with Crippen molar-refractivity contribution < 1.29 is 14.7 Å². The second-order valence-corrected chi connectivity index (χ2v) is 6.63. The van der Waals surface area contributed by atoms with Crippen molar-refractivity contribution in [2.75, 3.05) is 13.1 Å². The van der Waals surface area contributed by atoms with Gasteiger partial charge in [-0.05, 0) is 30.1 Å². The van der Waals surface area contributed by atoms with E-state index in [2.05, 4.69) is 13.8 Å². The lowest BCUT2D eigenvalue weighted by Crippen LogP contribution is -2.44. The van der Waals surface area contributed by atoms with Gasteiger partial charge in [0.25, 0.3) is 0 Å². The van der Waals surface area contributed by atoms with Gasteiger partial charge in [-0.2, -0.15) is 0 Å². The fourth-order valence-electron chi connectivity index (χ4n) is 2.84. The first-order valence-corrected chi connectivity index (χ1v) is 6.67. The van der Waals surface area contributed by atoms with E-state index in [1.807, 2.05) is 4.90 Å². The highest BCUT2D eigenvalue weighted by atomic mass is 16.4. The highest BCUT2D eigenvalue weighted by Crippen LogP contribution is 2.28. The van der Waals surface area contributed by atoms with Crippen molar-refractivity contribution >= 4 is 11.9 Å². The lowest BCUT2D eigenvalue weighted by Gasteiger charge is -2.37. The largest absolute Gasteiger partial charge is 0.550 e. The van der Waals surface area contributed by atoms with Gasteiger partial charge < -0.3 is 14.8 Å². The Labute approximate surface area is 109 Å². The quantitative estimate of drug-likeness (QED) is 0.753. The number of carboxylic acids is 1. The molecule has 0 aromatic rings. The van der Waals surface area contributed by atoms with Gasteiger partial charge in [0, 0.05) is 25.5 Å². The molecular formula is C14H24NO3-. The van der Waals surface area contributed by atoms with Gasteiger partial charge in [0.05, 0.1) is 0 Å². The first-order chi connectivity index (χ1) is 8.19. The Kier molecular flexibility index (Phi) is 4.77. The summed E-state index contributed by atoms with van der Waals surface area (Å²) in [6, 6.07) is 0. The summed E-state index contributed by atoms with van der Waals surface area (Å²) in [5, 5.41) is 10.6. The van der Waals surface area contributed by atoms with Crippen LogP contribution in [0.25, 0.3) is 0 Å². The van der Waals surface area contributed by atoms with Crippen LogP contribution in [0.3, 0.4) is 0 Å². The normalized spacial score (nSPS) is 25.0. The first kappa shape index (κ1) is 15.0. The van der Waals surface area contributed by atoms with E-state index in [4.69, 9.17) is 0 Å². The molecule has 18 heavy (non-hydrogen) atoms. The maximum Gasteiger partial charge on any atom is 0.223 e. The number of piperidine rings is 1. The van der Waals surface area contributed by atoms with Crippen LogP contribution < -0.4 is 5.11 Å². The Hall–Kier alpha value is -1.06. The molecule has 1 heterocycles. The molecule has 1 saturated heterocycles. The predicted molar refractivity (Wildman–Crippen MR) is 67.5 cm³/mol. The Morgan fingerprint density at radius 3 is 2.11 bits per heavy atom. The van der Waals surface area contributed by atoms with E-state index in [1.54, 1.807) is 13.8 Å². The molecule has 0 bridgehead atoms. The molecule has 4 nitrogen and oxygen atoms in total. The highest BCUT2D eigenvalue weighted by Gasteiger charge is 2.29. The van der Waals surface area contributed by atoms with E-state index < -0.39 is 11.4 Å². The Bertz CT molecular complexity index is 315. The number of likely N-dealkylation sites (tertiary alicyclic amines) is 1. The lowest BCUT2D eigenvalue weighted by atomic mass is 9.84. The Morgan fingerprint density at radius 1 is 1.17 bits per heavy atom. The summed E-state index contributed by atoms with van der Waals surface area (Å²) in [5.41, 5.74) is -0.528. The van der Waals surface area contributed by atoms with Crippen molar-refractivity contribution in [1.29, 1.82) is 0 Å². The van der Waals surface area contributed by atoms with Crippen LogP contribution in [-0.4, -0.2) is 29.9 Å². The van der Waals surface area contributed by atoms with E-state index in [9.17, 15) is 14.7 Å². The molecule has 4 heteroatoms. The zero-order valence-corrected chi connectivity index (χ0v) is 11.9. The van der Waals surface area contributed by atoms with Crippen LogP contribution in [0.15, 0.2) is 0 Å². The maximum atomic E-state index is 12.2. The summed E-state index contributed by atoms with van der Waals surface area (Å²) in [5.74, 6) is 0.0386. The molecule has 2 atom stereocenters. The van der Waals surface area contributed by atoms with E-state index in [0.717, 1.165) is 19.5 Å². The van der Waals surface area contributed by atoms with Gasteiger partial charge in [-0.3, -0.25) is 4.79 Å². The number of nitrogens with zero attached hydrogens (tertiary/aromatic N) is 1. The van der Waals surface area contributed by atoms with Gasteiger partial charge in [0.1, 0.15) is 0 Å². The maximum absolute atomic E-state index is 12.2. The van der Waals surface area contributed by atoms with E-state index in [0.29, 0.717) is 11.8 Å². The predicted octanol–water partition coefficient (Wildman–Crippen LogP) is 1.05. The van der Waals surface area contributed by atoms with Crippen LogP contribution in [0.4, 0.5) is 0 Å². The molecule has 104 valence electrons. The molecule has 1 aliphatic rings. The average Bonchev–Trinajstić information content (AvgIpc) is 2.12. The first-order valence-electron chi connectivity index (χ1n) is 6.67. The number of hydrogen-bond donors (Lipinski definition) is 0. The van der Waals surface area contributed by atoms with Crippen molar-refractivity contribution in [2.24, 2.45) is 17.3 Å². The summed E-state index contributed by atoms with van der Waals surface area (Å²) < 4.78 is 0. The standard InChI is InChI=1S/C14H25NO3/c1-10-5-11(2)9-15(8-10)12(16)6-14(3,4)7-13(17)18/h10-11H,5-9H2,1-4H3,(H,17,18)/p-1/t10-,11-/m1/s1. The molecular weight excluding hydrogens is 230 g/mol. The second kappa shape index (κ2) is 5.72. The van der Waals surface area contributed by atoms with Crippen LogP contribution in [0, 0.1) is 17.3 Å². The zero-order valence-electron chi connectivity index (χ0n) is 11.9. The van der Waals surface area contributed by atoms with E-state index in [1.165, 1.54) is 0 Å². The summed E-state index contributed by atoms with van der Waals surface area (Å²) in [6.07, 6.45) is 1.37. The smallest absolute Gasteiger partial charge is 0.223 e. The zero-order chi connectivity index (χ0) is 13.9. The molecule has 0 aromatic carbocycles. The second-order valence-electron chi connectivity index (χ2n) is 6.63. The Morgan fingerprint density at radius 2 is 1.67 bits per heavy atom. The SMILES string of the molecule is C[C@@H]1C[C@@H](C)CN(C(=O)CC(C)(C)CC(=O)[O-])C1. The number of hydrogen-bond acceptors (Lipinski definition) is 3. The molecule has 1 fully saturated rings. The fraction of sp³-hybridized carbons (Fsp3) is 0.857. The summed E-state index contributed by atoms with van der Waals surface area (Å²) in [7, 11) is 0. The van der Waals surface area contributed by atoms with E-state index in [-0.39, 0.29) is 18.7 Å². The Balaban J connectivity index is 2.56. The minimum absolute atomic E-state index is 0.0691. The monoisotopic (exact) mass is 254 g/mol. The average molecular weight is 254 g/mol. The number of carbonyl (C=O) groups is 2. The number of rotatable bonds is 4. The minimum atomic E-state index is -1.09. The van der Waals surface area contributed by atoms with Crippen LogP contribution in [-0.2, 0) is 9.59 Å². The van der Waals surface area contributed by atoms with Gasteiger partial charge in [0.15, 0.2) is 0 Å². The molecule has 1 amide bonds. The molecule has 0 unspecified atom stereocenters. The van der Waals surface area contributed by atoms with Crippen molar-refractivity contribution in [3.63, 3.8) is 0 Å². The summed E-state index contributed by atoms with van der Waals surface area (Å²) >= 11 is 0. The van der Waals surface area contributed by atoms with Crippen LogP contribution in [0.2, 0.25) is 0 Å². The van der Waals surface area contributed by atoms with Crippen molar-refractivity contribution in [3.05, 3.63) is 0 Å². The number of aliphatic carboxylic acids is 1. The van der Waals surface area contributed by atoms with Gasteiger partial charge in [0.2, 0.25) is 5.91 Å². The van der Waals surface area contributed by atoms with Crippen LogP contribution >= 0.6 is 0 Å². The van der Waals surface area contributed by atoms with Crippen molar-refractivity contribution in [3.8, 4) is 0 Å². The third kappa shape index (κ3) is 4.67. The molecule has 0 aliphatic carbocycles. The van der Waals surface area contributed by atoms with Gasteiger partial charge in [-0.25, -0.2) is 0 Å². The van der Waals surface area contributed by atoms with Crippen LogP contribution in [0.5, 0.6) is 0 Å². The third-order valence-electron chi connectivity index (χ3n) is 3.47. The molecule has 1 aliphatic heterocycles. The van der Waals surface area contributed by atoms with Gasteiger partial charge in [-0.15, -0.1) is 0 Å². The molecule has 0 spiro atoms. The fourth-order valence-corrected chi connectivity index (χ4v) is 2.84. The molecule has 0 N–H and O–H groups in total. The highest BCUT2D eigenvalue weighted by molar-refractivity contribution is 5.78. The van der Waals surface area contributed by atoms with Crippen LogP contribution in [0.1, 0.15) is 47.0 Å². The van der Waals surface area contributed by atoms with Gasteiger partial charge >= 0.3 is 0 Å².